The maximum absolute atomic E-state index is 13.0. The average Bonchev–Trinajstić information content (AvgIpc) is 3.36. The summed E-state index contributed by atoms with van der Waals surface area (Å²) in [5.74, 6) is 0.513. The lowest BCUT2D eigenvalue weighted by molar-refractivity contribution is -0.117. The van der Waals surface area contributed by atoms with Gasteiger partial charge in [0.2, 0.25) is 11.0 Å². The molecule has 1 saturated heterocycles. The van der Waals surface area contributed by atoms with E-state index < -0.39 is 0 Å². The van der Waals surface area contributed by atoms with Crippen LogP contribution in [0, 0.1) is 0 Å². The van der Waals surface area contributed by atoms with Crippen molar-refractivity contribution in [1.82, 2.24) is 10.2 Å². The SMILES string of the molecule is CNc1ccc(C2SC(C)C(=O)N2c2nnc(COc3ccc(Cl)cc3Cl)s2)c(NC)c1. The van der Waals surface area contributed by atoms with Gasteiger partial charge >= 0.3 is 0 Å². The van der Waals surface area contributed by atoms with Crippen LogP contribution in [0.2, 0.25) is 10.0 Å². The second kappa shape index (κ2) is 9.74. The first-order valence-corrected chi connectivity index (χ1v) is 12.3. The third kappa shape index (κ3) is 4.61. The van der Waals surface area contributed by atoms with Crippen LogP contribution in [0.4, 0.5) is 16.5 Å². The maximum Gasteiger partial charge on any atom is 0.242 e. The average molecular weight is 510 g/mol. The predicted molar refractivity (Wildman–Crippen MR) is 134 cm³/mol. The molecule has 1 amide bonds. The molecular weight excluding hydrogens is 489 g/mol. The normalized spacial score (nSPS) is 18.2. The van der Waals surface area contributed by atoms with Crippen molar-refractivity contribution in [3.63, 3.8) is 0 Å². The van der Waals surface area contributed by atoms with Gasteiger partial charge in [-0.2, -0.15) is 0 Å². The van der Waals surface area contributed by atoms with Crippen LogP contribution in [0.1, 0.15) is 22.9 Å². The fourth-order valence-corrected chi connectivity index (χ4v) is 5.92. The number of carbonyl (C=O) groups excluding carboxylic acids is 1. The zero-order valence-corrected chi connectivity index (χ0v) is 20.7. The third-order valence-electron chi connectivity index (χ3n) is 4.94. The van der Waals surface area contributed by atoms with Crippen molar-refractivity contribution in [2.75, 3.05) is 29.6 Å². The lowest BCUT2D eigenvalue weighted by Gasteiger charge is -2.23. The van der Waals surface area contributed by atoms with Crippen LogP contribution < -0.4 is 20.3 Å². The molecule has 1 fully saturated rings. The quantitative estimate of drug-likeness (QED) is 0.424. The zero-order valence-electron chi connectivity index (χ0n) is 17.6. The summed E-state index contributed by atoms with van der Waals surface area (Å²) in [6, 6.07) is 11.1. The number of ether oxygens (including phenoxy) is 1. The van der Waals surface area contributed by atoms with Crippen molar-refractivity contribution >= 4 is 68.7 Å². The van der Waals surface area contributed by atoms with Crippen molar-refractivity contribution in [3.8, 4) is 5.75 Å². The van der Waals surface area contributed by atoms with E-state index >= 15 is 0 Å². The summed E-state index contributed by atoms with van der Waals surface area (Å²) >= 11 is 15.0. The summed E-state index contributed by atoms with van der Waals surface area (Å²) in [6.07, 6.45) is 0. The Morgan fingerprint density at radius 1 is 1.12 bits per heavy atom. The Kier molecular flexibility index (Phi) is 6.99. The lowest BCUT2D eigenvalue weighted by Crippen LogP contribution is -2.30. The molecule has 1 aliphatic heterocycles. The number of hydrogen-bond donors (Lipinski definition) is 2. The fraction of sp³-hybridized carbons (Fsp3) is 0.286. The van der Waals surface area contributed by atoms with Gasteiger partial charge < -0.3 is 15.4 Å². The van der Waals surface area contributed by atoms with Gasteiger partial charge in [0, 0.05) is 36.1 Å². The molecule has 0 radical (unpaired) electrons. The van der Waals surface area contributed by atoms with Crippen molar-refractivity contribution in [2.24, 2.45) is 0 Å². The van der Waals surface area contributed by atoms with Crippen molar-refractivity contribution in [3.05, 3.63) is 57.0 Å². The van der Waals surface area contributed by atoms with E-state index in [1.807, 2.05) is 39.2 Å². The highest BCUT2D eigenvalue weighted by atomic mass is 35.5. The number of anilines is 3. The van der Waals surface area contributed by atoms with Gasteiger partial charge in [-0.05, 0) is 37.3 Å². The second-order valence-electron chi connectivity index (χ2n) is 6.98. The number of thioether (sulfide) groups is 1. The molecular formula is C21H21Cl2N5O2S2. The molecule has 2 unspecified atom stereocenters. The number of halogens is 2. The summed E-state index contributed by atoms with van der Waals surface area (Å²) < 4.78 is 5.77. The van der Waals surface area contributed by atoms with Crippen molar-refractivity contribution in [2.45, 2.75) is 24.2 Å². The van der Waals surface area contributed by atoms with E-state index in [-0.39, 0.29) is 23.1 Å². The minimum Gasteiger partial charge on any atom is -0.485 e. The van der Waals surface area contributed by atoms with Gasteiger partial charge in [-0.15, -0.1) is 22.0 Å². The Labute approximate surface area is 204 Å². The van der Waals surface area contributed by atoms with Crippen molar-refractivity contribution in [1.29, 1.82) is 0 Å². The molecule has 0 saturated carbocycles. The number of rotatable bonds is 7. The molecule has 2 heterocycles. The van der Waals surface area contributed by atoms with E-state index in [1.54, 1.807) is 34.9 Å². The zero-order chi connectivity index (χ0) is 22.8. The maximum atomic E-state index is 13.0. The summed E-state index contributed by atoms with van der Waals surface area (Å²) in [5, 5.41) is 16.6. The number of benzene rings is 2. The van der Waals surface area contributed by atoms with Crippen LogP contribution in [0.15, 0.2) is 36.4 Å². The molecule has 3 aromatic rings. The summed E-state index contributed by atoms with van der Waals surface area (Å²) in [7, 11) is 3.74. The van der Waals surface area contributed by atoms with Gasteiger partial charge in [0.1, 0.15) is 17.7 Å². The number of aromatic nitrogens is 2. The molecule has 2 atom stereocenters. The molecule has 0 bridgehead atoms. The Morgan fingerprint density at radius 2 is 1.94 bits per heavy atom. The van der Waals surface area contributed by atoms with Crippen LogP contribution in [-0.2, 0) is 11.4 Å². The van der Waals surface area contributed by atoms with Gasteiger partial charge in [-0.1, -0.05) is 40.6 Å². The number of nitrogens with one attached hydrogen (secondary N) is 2. The molecule has 32 heavy (non-hydrogen) atoms. The van der Waals surface area contributed by atoms with Gasteiger partial charge in [0.25, 0.3) is 0 Å². The fourth-order valence-electron chi connectivity index (χ4n) is 3.31. The van der Waals surface area contributed by atoms with E-state index in [0.717, 1.165) is 16.9 Å². The predicted octanol–water partition coefficient (Wildman–Crippen LogP) is 5.67. The van der Waals surface area contributed by atoms with Gasteiger partial charge in [-0.25, -0.2) is 0 Å². The van der Waals surface area contributed by atoms with E-state index in [1.165, 1.54) is 11.3 Å². The van der Waals surface area contributed by atoms with Crippen LogP contribution in [0.25, 0.3) is 0 Å². The molecule has 1 aliphatic rings. The van der Waals surface area contributed by atoms with Gasteiger partial charge in [0.05, 0.1) is 10.3 Å². The van der Waals surface area contributed by atoms with Crippen LogP contribution in [0.5, 0.6) is 5.75 Å². The topological polar surface area (TPSA) is 79.4 Å². The number of hydrogen-bond acceptors (Lipinski definition) is 8. The number of amides is 1. The van der Waals surface area contributed by atoms with E-state index in [9.17, 15) is 4.79 Å². The molecule has 7 nitrogen and oxygen atoms in total. The van der Waals surface area contributed by atoms with Crippen LogP contribution >= 0.6 is 46.3 Å². The summed E-state index contributed by atoms with van der Waals surface area (Å²) in [5.41, 5.74) is 2.95. The molecule has 168 valence electrons. The summed E-state index contributed by atoms with van der Waals surface area (Å²) in [4.78, 5) is 14.8. The number of nitrogens with zero attached hydrogens (tertiary/aromatic N) is 3. The molecule has 2 aromatic carbocycles. The lowest BCUT2D eigenvalue weighted by atomic mass is 10.1. The van der Waals surface area contributed by atoms with E-state index in [2.05, 4.69) is 20.8 Å². The third-order valence-corrected chi connectivity index (χ3v) is 7.70. The first-order valence-electron chi connectivity index (χ1n) is 9.79. The first kappa shape index (κ1) is 23.0. The van der Waals surface area contributed by atoms with Gasteiger partial charge in [0.15, 0.2) is 5.01 Å². The Morgan fingerprint density at radius 3 is 2.66 bits per heavy atom. The van der Waals surface area contributed by atoms with E-state index in [0.29, 0.717) is 25.9 Å². The molecule has 11 heteroatoms. The smallest absolute Gasteiger partial charge is 0.242 e. The van der Waals surface area contributed by atoms with Crippen LogP contribution in [-0.4, -0.2) is 35.4 Å². The van der Waals surface area contributed by atoms with Crippen LogP contribution in [0.3, 0.4) is 0 Å². The molecule has 4 rings (SSSR count). The Hall–Kier alpha value is -2.20. The second-order valence-corrected chi connectivity index (χ2v) is 10.3. The van der Waals surface area contributed by atoms with Gasteiger partial charge in [-0.3, -0.25) is 9.69 Å². The van der Waals surface area contributed by atoms with E-state index in [4.69, 9.17) is 27.9 Å². The molecule has 0 aliphatic carbocycles. The largest absolute Gasteiger partial charge is 0.485 e. The minimum absolute atomic E-state index is 0.00381. The molecule has 2 N–H and O–H groups in total. The monoisotopic (exact) mass is 509 g/mol. The summed E-state index contributed by atoms with van der Waals surface area (Å²) in [6.45, 7) is 2.10. The highest BCUT2D eigenvalue weighted by Crippen LogP contribution is 2.48. The number of carbonyl (C=O) groups is 1. The standard InChI is InChI=1S/C21H21Cl2N5O2S2/c1-11-19(29)28(20(31-11)14-6-5-13(24-2)9-16(14)25-3)21-27-26-18(32-21)10-30-17-7-4-12(22)8-15(17)23/h4-9,11,20,24-25H,10H2,1-3H3. The molecule has 0 spiro atoms. The first-order chi connectivity index (χ1) is 15.4. The highest BCUT2D eigenvalue weighted by Gasteiger charge is 2.42. The minimum atomic E-state index is -0.210. The molecule has 1 aromatic heterocycles. The van der Waals surface area contributed by atoms with Crippen molar-refractivity contribution < 1.29 is 9.53 Å². The Bertz CT molecular complexity index is 1140. The highest BCUT2D eigenvalue weighted by molar-refractivity contribution is 8.01. The Balaban J connectivity index is 1.58.